The molecular formula is C24H20N2O3S. The number of carbonyl (C=O) groups is 1. The highest BCUT2D eigenvalue weighted by molar-refractivity contribution is 7.13. The Kier molecular flexibility index (Phi) is 5.86. The van der Waals surface area contributed by atoms with Gasteiger partial charge in [-0.25, -0.2) is 4.68 Å². The maximum atomic E-state index is 12.9. The number of Topliss-reactive ketones (excluding diaryl/α,β-unsaturated/α-hetero) is 1. The molecule has 2 heterocycles. The molecular weight excluding hydrogens is 396 g/mol. The molecule has 4 aromatic rings. The van der Waals surface area contributed by atoms with Crippen molar-refractivity contribution >= 4 is 17.1 Å². The van der Waals surface area contributed by atoms with Crippen LogP contribution in [0.5, 0.6) is 5.75 Å². The summed E-state index contributed by atoms with van der Waals surface area (Å²) < 4.78 is 7.02. The summed E-state index contributed by atoms with van der Waals surface area (Å²) in [7, 11) is 0. The lowest BCUT2D eigenvalue weighted by molar-refractivity contribution is 0.0925. The molecule has 150 valence electrons. The Labute approximate surface area is 178 Å². The molecule has 1 atom stereocenters. The van der Waals surface area contributed by atoms with Gasteiger partial charge in [0.05, 0.1) is 4.88 Å². The van der Waals surface area contributed by atoms with Crippen LogP contribution in [0.15, 0.2) is 89.0 Å². The van der Waals surface area contributed by atoms with Crippen LogP contribution in [0.3, 0.4) is 0 Å². The third-order valence-corrected chi connectivity index (χ3v) is 5.62. The van der Waals surface area contributed by atoms with Crippen LogP contribution in [0.25, 0.3) is 10.6 Å². The Morgan fingerprint density at radius 2 is 1.77 bits per heavy atom. The molecule has 0 aliphatic carbocycles. The monoisotopic (exact) mass is 416 g/mol. The van der Waals surface area contributed by atoms with Crippen molar-refractivity contribution in [1.29, 1.82) is 0 Å². The lowest BCUT2D eigenvalue weighted by atomic mass is 10.1. The summed E-state index contributed by atoms with van der Waals surface area (Å²) in [6.07, 6.45) is 0. The van der Waals surface area contributed by atoms with Gasteiger partial charge >= 0.3 is 0 Å². The van der Waals surface area contributed by atoms with Gasteiger partial charge in [-0.15, -0.1) is 11.3 Å². The zero-order valence-corrected chi connectivity index (χ0v) is 17.2. The maximum absolute atomic E-state index is 12.9. The van der Waals surface area contributed by atoms with E-state index in [0.29, 0.717) is 23.6 Å². The van der Waals surface area contributed by atoms with Crippen LogP contribution in [0.4, 0.5) is 0 Å². The van der Waals surface area contributed by atoms with Gasteiger partial charge in [0.1, 0.15) is 24.1 Å². The lowest BCUT2D eigenvalue weighted by Crippen LogP contribution is -2.30. The van der Waals surface area contributed by atoms with Gasteiger partial charge in [0, 0.05) is 11.6 Å². The number of thiophene rings is 1. The van der Waals surface area contributed by atoms with Crippen molar-refractivity contribution in [2.45, 2.75) is 19.6 Å². The molecule has 0 radical (unpaired) electrons. The Balaban J connectivity index is 1.49. The number of hydrogen-bond acceptors (Lipinski definition) is 5. The first-order valence-corrected chi connectivity index (χ1v) is 10.4. The number of rotatable bonds is 7. The van der Waals surface area contributed by atoms with Crippen molar-refractivity contribution in [1.82, 2.24) is 9.78 Å². The Morgan fingerprint density at radius 1 is 1.00 bits per heavy atom. The van der Waals surface area contributed by atoms with Crippen molar-refractivity contribution in [3.05, 3.63) is 106 Å². The summed E-state index contributed by atoms with van der Waals surface area (Å²) in [6.45, 7) is 2.15. The first kappa shape index (κ1) is 19.8. The van der Waals surface area contributed by atoms with E-state index in [1.54, 1.807) is 37.3 Å². The summed E-state index contributed by atoms with van der Waals surface area (Å²) in [5.41, 5.74) is 1.94. The topological polar surface area (TPSA) is 61.2 Å². The van der Waals surface area contributed by atoms with E-state index in [1.165, 1.54) is 22.1 Å². The summed E-state index contributed by atoms with van der Waals surface area (Å²) >= 11 is 1.53. The van der Waals surface area contributed by atoms with Crippen molar-refractivity contribution in [3.63, 3.8) is 0 Å². The number of carbonyl (C=O) groups excluding carboxylic acids is 1. The number of ketones is 1. The molecule has 30 heavy (non-hydrogen) atoms. The Morgan fingerprint density at radius 3 is 2.47 bits per heavy atom. The summed E-state index contributed by atoms with van der Waals surface area (Å²) in [5.74, 6) is 0.501. The van der Waals surface area contributed by atoms with E-state index in [9.17, 15) is 9.59 Å². The summed E-state index contributed by atoms with van der Waals surface area (Å²) in [6, 6.07) is 23.1. The standard InChI is InChI=1S/C24H20N2O3S/c1-17(26-23(27)14-13-21(25-26)22-8-5-15-30-22)24(28)19-9-11-20(12-10-19)29-16-18-6-3-2-4-7-18/h2-15,17H,16H2,1H3. The number of nitrogens with zero attached hydrogens (tertiary/aromatic N) is 2. The molecule has 0 N–H and O–H groups in total. The number of hydrogen-bond donors (Lipinski definition) is 0. The fraction of sp³-hybridized carbons (Fsp3) is 0.125. The lowest BCUT2D eigenvalue weighted by Gasteiger charge is -2.14. The SMILES string of the molecule is CC(C(=O)c1ccc(OCc2ccccc2)cc1)n1nc(-c2cccs2)ccc1=O. The van der Waals surface area contributed by atoms with Crippen LogP contribution in [0.2, 0.25) is 0 Å². The molecule has 0 fully saturated rings. The highest BCUT2D eigenvalue weighted by atomic mass is 32.1. The van der Waals surface area contributed by atoms with E-state index in [1.807, 2.05) is 47.8 Å². The molecule has 2 aromatic heterocycles. The minimum absolute atomic E-state index is 0.178. The molecule has 2 aromatic carbocycles. The van der Waals surface area contributed by atoms with Gasteiger partial charge in [0.15, 0.2) is 5.78 Å². The third-order valence-electron chi connectivity index (χ3n) is 4.73. The van der Waals surface area contributed by atoms with Gasteiger partial charge in [-0.1, -0.05) is 36.4 Å². The van der Waals surface area contributed by atoms with Crippen LogP contribution < -0.4 is 10.3 Å². The molecule has 4 rings (SSSR count). The van der Waals surface area contributed by atoms with E-state index in [2.05, 4.69) is 5.10 Å². The molecule has 0 spiro atoms. The van der Waals surface area contributed by atoms with E-state index < -0.39 is 6.04 Å². The Bertz CT molecular complexity index is 1180. The smallest absolute Gasteiger partial charge is 0.267 e. The average molecular weight is 417 g/mol. The van der Waals surface area contributed by atoms with Crippen molar-refractivity contribution in [3.8, 4) is 16.3 Å². The Hall–Kier alpha value is -3.51. The second kappa shape index (κ2) is 8.88. The predicted molar refractivity (Wildman–Crippen MR) is 118 cm³/mol. The molecule has 0 bridgehead atoms. The van der Waals surface area contributed by atoms with Gasteiger partial charge in [-0.05, 0) is 54.3 Å². The van der Waals surface area contributed by atoms with E-state index in [-0.39, 0.29) is 11.3 Å². The number of aromatic nitrogens is 2. The van der Waals surface area contributed by atoms with Crippen molar-refractivity contribution in [2.75, 3.05) is 0 Å². The first-order valence-electron chi connectivity index (χ1n) is 9.56. The van der Waals surface area contributed by atoms with Crippen molar-refractivity contribution < 1.29 is 9.53 Å². The minimum atomic E-state index is -0.714. The molecule has 1 unspecified atom stereocenters. The molecule has 0 aliphatic heterocycles. The van der Waals surface area contributed by atoms with Crippen LogP contribution >= 0.6 is 11.3 Å². The quantitative estimate of drug-likeness (QED) is 0.398. The van der Waals surface area contributed by atoms with Crippen molar-refractivity contribution in [2.24, 2.45) is 0 Å². The van der Waals surface area contributed by atoms with E-state index in [0.717, 1.165) is 10.4 Å². The first-order chi connectivity index (χ1) is 14.6. The fourth-order valence-electron chi connectivity index (χ4n) is 3.07. The maximum Gasteiger partial charge on any atom is 0.267 e. The normalized spacial score (nSPS) is 11.8. The molecule has 0 aliphatic rings. The van der Waals surface area contributed by atoms with Gasteiger partial charge in [0.25, 0.3) is 5.56 Å². The summed E-state index contributed by atoms with van der Waals surface area (Å²) in [5, 5.41) is 6.36. The van der Waals surface area contributed by atoms with Crippen LogP contribution in [0, 0.1) is 0 Å². The highest BCUT2D eigenvalue weighted by Crippen LogP contribution is 2.22. The average Bonchev–Trinajstić information content (AvgIpc) is 3.33. The van der Waals surface area contributed by atoms with E-state index in [4.69, 9.17) is 4.74 Å². The largest absolute Gasteiger partial charge is 0.489 e. The highest BCUT2D eigenvalue weighted by Gasteiger charge is 2.20. The van der Waals surface area contributed by atoms with Crippen LogP contribution in [-0.2, 0) is 6.61 Å². The molecule has 0 saturated carbocycles. The predicted octanol–water partition coefficient (Wildman–Crippen LogP) is 4.99. The second-order valence-corrected chi connectivity index (χ2v) is 7.77. The van der Waals surface area contributed by atoms with Crippen LogP contribution in [-0.4, -0.2) is 15.6 Å². The minimum Gasteiger partial charge on any atom is -0.489 e. The van der Waals surface area contributed by atoms with Gasteiger partial charge < -0.3 is 4.74 Å². The van der Waals surface area contributed by atoms with Crippen LogP contribution in [0.1, 0.15) is 28.9 Å². The second-order valence-electron chi connectivity index (χ2n) is 6.82. The zero-order chi connectivity index (χ0) is 20.9. The number of ether oxygens (including phenoxy) is 1. The molecule has 0 saturated heterocycles. The summed E-state index contributed by atoms with van der Waals surface area (Å²) in [4.78, 5) is 26.2. The van der Waals surface area contributed by atoms with Gasteiger partial charge in [-0.3, -0.25) is 9.59 Å². The van der Waals surface area contributed by atoms with Gasteiger partial charge in [0.2, 0.25) is 0 Å². The number of benzene rings is 2. The third kappa shape index (κ3) is 4.39. The van der Waals surface area contributed by atoms with E-state index >= 15 is 0 Å². The molecule has 0 amide bonds. The molecule has 5 nitrogen and oxygen atoms in total. The van der Waals surface area contributed by atoms with Gasteiger partial charge in [-0.2, -0.15) is 5.10 Å². The molecule has 6 heteroatoms. The fourth-order valence-corrected chi connectivity index (χ4v) is 3.76. The zero-order valence-electron chi connectivity index (χ0n) is 16.4.